The summed E-state index contributed by atoms with van der Waals surface area (Å²) in [6.45, 7) is 5.27. The second-order valence-corrected chi connectivity index (χ2v) is 4.79. The second kappa shape index (κ2) is 5.28. The summed E-state index contributed by atoms with van der Waals surface area (Å²) in [5, 5.41) is 15.6. The number of carboxylic acid groups (broad SMARTS) is 1. The lowest BCUT2D eigenvalue weighted by Crippen LogP contribution is -2.35. The van der Waals surface area contributed by atoms with Gasteiger partial charge < -0.3 is 10.4 Å². The molecule has 0 aromatic carbocycles. The third-order valence-corrected chi connectivity index (χ3v) is 2.95. The van der Waals surface area contributed by atoms with E-state index >= 15 is 0 Å². The number of nitrogens with one attached hydrogen (secondary N) is 1. The first-order valence-corrected chi connectivity index (χ1v) is 6.23. The number of aryl methyl sites for hydroxylation is 2. The highest BCUT2D eigenvalue weighted by atomic mass is 16.4. The van der Waals surface area contributed by atoms with Crippen molar-refractivity contribution in [3.8, 4) is 0 Å². The smallest absolute Gasteiger partial charge is 0.305 e. The summed E-state index contributed by atoms with van der Waals surface area (Å²) in [5.74, 6) is -1.30. The van der Waals surface area contributed by atoms with Crippen molar-refractivity contribution >= 4 is 17.5 Å². The molecule has 2 heterocycles. The fourth-order valence-corrected chi connectivity index (χ4v) is 2.00. The van der Waals surface area contributed by atoms with E-state index in [2.05, 4.69) is 15.4 Å². The Morgan fingerprint density at radius 1 is 1.45 bits per heavy atom. The maximum absolute atomic E-state index is 12.1. The fourth-order valence-electron chi connectivity index (χ4n) is 2.00. The highest BCUT2D eigenvalue weighted by molar-refractivity contribution is 5.95. The maximum Gasteiger partial charge on any atom is 0.305 e. The average molecular weight is 276 g/mol. The van der Waals surface area contributed by atoms with E-state index in [9.17, 15) is 9.59 Å². The first-order valence-electron chi connectivity index (χ1n) is 6.23. The number of carbonyl (C=O) groups is 2. The van der Waals surface area contributed by atoms with Crippen LogP contribution in [0.4, 0.5) is 0 Å². The number of amides is 1. The van der Waals surface area contributed by atoms with Crippen molar-refractivity contribution in [1.29, 1.82) is 0 Å². The van der Waals surface area contributed by atoms with E-state index in [0.717, 1.165) is 5.69 Å². The summed E-state index contributed by atoms with van der Waals surface area (Å²) < 4.78 is 1.60. The van der Waals surface area contributed by atoms with Gasteiger partial charge in [-0.1, -0.05) is 0 Å². The second-order valence-electron chi connectivity index (χ2n) is 4.79. The summed E-state index contributed by atoms with van der Waals surface area (Å²) in [4.78, 5) is 26.9. The minimum atomic E-state index is -0.953. The highest BCUT2D eigenvalue weighted by Gasteiger charge is 2.17. The van der Waals surface area contributed by atoms with Crippen molar-refractivity contribution in [3.05, 3.63) is 29.2 Å². The van der Waals surface area contributed by atoms with Gasteiger partial charge in [0.05, 0.1) is 23.4 Å². The number of hydrogen-bond acceptors (Lipinski definition) is 4. The van der Waals surface area contributed by atoms with E-state index in [4.69, 9.17) is 5.11 Å². The molecule has 106 valence electrons. The van der Waals surface area contributed by atoms with Gasteiger partial charge in [-0.15, -0.1) is 0 Å². The van der Waals surface area contributed by atoms with Crippen molar-refractivity contribution in [2.45, 2.75) is 33.2 Å². The Morgan fingerprint density at radius 2 is 2.15 bits per heavy atom. The van der Waals surface area contributed by atoms with Crippen LogP contribution in [0.1, 0.15) is 35.1 Å². The molecule has 0 radical (unpaired) electrons. The van der Waals surface area contributed by atoms with Gasteiger partial charge in [-0.05, 0) is 20.8 Å². The van der Waals surface area contributed by atoms with Gasteiger partial charge in [0.2, 0.25) is 0 Å². The Balaban J connectivity index is 2.26. The van der Waals surface area contributed by atoms with E-state index in [1.54, 1.807) is 18.4 Å². The highest BCUT2D eigenvalue weighted by Crippen LogP contribution is 2.11. The minimum Gasteiger partial charge on any atom is -0.481 e. The molecule has 0 bridgehead atoms. The molecule has 2 aromatic heterocycles. The van der Waals surface area contributed by atoms with Crippen molar-refractivity contribution in [3.63, 3.8) is 0 Å². The Hall–Kier alpha value is -2.44. The normalized spacial score (nSPS) is 12.3. The third-order valence-electron chi connectivity index (χ3n) is 2.95. The molecule has 7 nitrogen and oxygen atoms in total. The Labute approximate surface area is 115 Å². The molecule has 0 spiro atoms. The summed E-state index contributed by atoms with van der Waals surface area (Å²) in [6.07, 6.45) is 1.36. The van der Waals surface area contributed by atoms with Crippen LogP contribution >= 0.6 is 0 Å². The van der Waals surface area contributed by atoms with Crippen LogP contribution in [0.15, 0.2) is 12.3 Å². The van der Waals surface area contributed by atoms with Crippen molar-refractivity contribution < 1.29 is 14.7 Å². The van der Waals surface area contributed by atoms with Crippen molar-refractivity contribution in [2.24, 2.45) is 0 Å². The van der Waals surface area contributed by atoms with Crippen molar-refractivity contribution in [1.82, 2.24) is 19.9 Å². The number of hydrogen-bond donors (Lipinski definition) is 2. The van der Waals surface area contributed by atoms with E-state index in [-0.39, 0.29) is 12.3 Å². The lowest BCUT2D eigenvalue weighted by Gasteiger charge is -2.13. The summed E-state index contributed by atoms with van der Waals surface area (Å²) in [5.41, 5.74) is 2.55. The minimum absolute atomic E-state index is 0.124. The lowest BCUT2D eigenvalue weighted by molar-refractivity contribution is -0.137. The molecule has 7 heteroatoms. The van der Waals surface area contributed by atoms with Gasteiger partial charge in [-0.25, -0.2) is 9.50 Å². The van der Waals surface area contributed by atoms with Crippen LogP contribution in [0.5, 0.6) is 0 Å². The zero-order chi connectivity index (χ0) is 14.9. The molecule has 1 unspecified atom stereocenters. The van der Waals surface area contributed by atoms with Gasteiger partial charge in [-0.3, -0.25) is 9.59 Å². The SMILES string of the molecule is Cc1cc2ncc(C(=O)NC(C)CC(=O)O)c(C)n2n1. The molecular weight excluding hydrogens is 260 g/mol. The molecule has 2 rings (SSSR count). The molecule has 0 saturated heterocycles. The third kappa shape index (κ3) is 2.76. The molecule has 0 saturated carbocycles. The van der Waals surface area contributed by atoms with E-state index in [0.29, 0.717) is 16.9 Å². The molecule has 1 atom stereocenters. The monoisotopic (exact) mass is 276 g/mol. The number of rotatable bonds is 4. The molecule has 2 aromatic rings. The van der Waals surface area contributed by atoms with Crippen LogP contribution in [-0.2, 0) is 4.79 Å². The predicted octanol–water partition coefficient (Wildman–Crippen LogP) is 0.939. The molecule has 0 aliphatic heterocycles. The first kappa shape index (κ1) is 14.0. The molecular formula is C13H16N4O3. The van der Waals surface area contributed by atoms with Crippen LogP contribution in [0, 0.1) is 13.8 Å². The van der Waals surface area contributed by atoms with E-state index in [1.807, 2.05) is 13.0 Å². The topological polar surface area (TPSA) is 96.6 Å². The zero-order valence-corrected chi connectivity index (χ0v) is 11.5. The molecule has 20 heavy (non-hydrogen) atoms. The largest absolute Gasteiger partial charge is 0.481 e. The zero-order valence-electron chi connectivity index (χ0n) is 11.5. The maximum atomic E-state index is 12.1. The number of aliphatic carboxylic acids is 1. The van der Waals surface area contributed by atoms with Gasteiger partial charge in [0.15, 0.2) is 5.65 Å². The summed E-state index contributed by atoms with van der Waals surface area (Å²) >= 11 is 0. The molecule has 0 aliphatic carbocycles. The first-order chi connectivity index (χ1) is 9.38. The number of fused-ring (bicyclic) bond motifs is 1. The molecule has 2 N–H and O–H groups in total. The van der Waals surface area contributed by atoms with Gasteiger partial charge in [0.25, 0.3) is 5.91 Å². The molecule has 0 fully saturated rings. The fraction of sp³-hybridized carbons (Fsp3) is 0.385. The summed E-state index contributed by atoms with van der Waals surface area (Å²) in [7, 11) is 0. The van der Waals surface area contributed by atoms with Gasteiger partial charge in [0, 0.05) is 18.3 Å². The predicted molar refractivity (Wildman–Crippen MR) is 71.6 cm³/mol. The number of aromatic nitrogens is 3. The van der Waals surface area contributed by atoms with Gasteiger partial charge in [0.1, 0.15) is 0 Å². The van der Waals surface area contributed by atoms with Crippen LogP contribution in [-0.4, -0.2) is 37.6 Å². The van der Waals surface area contributed by atoms with Crippen LogP contribution in [0.2, 0.25) is 0 Å². The van der Waals surface area contributed by atoms with Crippen LogP contribution in [0.25, 0.3) is 5.65 Å². The van der Waals surface area contributed by atoms with Crippen molar-refractivity contribution in [2.75, 3.05) is 0 Å². The lowest BCUT2D eigenvalue weighted by atomic mass is 10.2. The number of carbonyl (C=O) groups excluding carboxylic acids is 1. The number of nitrogens with zero attached hydrogens (tertiary/aromatic N) is 3. The van der Waals surface area contributed by atoms with Gasteiger partial charge >= 0.3 is 5.97 Å². The Bertz CT molecular complexity index is 678. The van der Waals surface area contributed by atoms with Gasteiger partial charge in [-0.2, -0.15) is 5.10 Å². The Morgan fingerprint density at radius 3 is 2.80 bits per heavy atom. The number of carboxylic acids is 1. The standard InChI is InChI=1S/C13H16N4O3/c1-7(5-12(18)19)15-13(20)10-6-14-11-4-8(2)16-17(11)9(10)3/h4,6-7H,5H2,1-3H3,(H,15,20)(H,18,19). The quantitative estimate of drug-likeness (QED) is 0.866. The van der Waals surface area contributed by atoms with E-state index in [1.165, 1.54) is 6.20 Å². The molecule has 1 amide bonds. The van der Waals surface area contributed by atoms with E-state index < -0.39 is 12.0 Å². The molecule has 0 aliphatic rings. The van der Waals surface area contributed by atoms with Crippen LogP contribution in [0.3, 0.4) is 0 Å². The summed E-state index contributed by atoms with van der Waals surface area (Å²) in [6, 6.07) is 1.37. The van der Waals surface area contributed by atoms with Crippen LogP contribution < -0.4 is 5.32 Å². The average Bonchev–Trinajstić information content (AvgIpc) is 2.69. The Kier molecular flexibility index (Phi) is 3.69.